The molecule has 7 nitrogen and oxygen atoms in total. The lowest BCUT2D eigenvalue weighted by molar-refractivity contribution is -0.117. The highest BCUT2D eigenvalue weighted by Gasteiger charge is 2.26. The average Bonchev–Trinajstić information content (AvgIpc) is 3.61. The first-order chi connectivity index (χ1) is 17.5. The van der Waals surface area contributed by atoms with Crippen LogP contribution in [0.2, 0.25) is 4.34 Å². The molecule has 184 valence electrons. The van der Waals surface area contributed by atoms with E-state index in [1.165, 1.54) is 18.4 Å². The summed E-state index contributed by atoms with van der Waals surface area (Å²) in [6, 6.07) is 17.2. The van der Waals surface area contributed by atoms with Gasteiger partial charge in [-0.2, -0.15) is 9.78 Å². The fraction of sp³-hybridized carbons (Fsp3) is 0.192. The fourth-order valence-electron chi connectivity index (χ4n) is 4.16. The number of carbonyl (C=O) groups is 2. The molecule has 1 N–H and O–H groups in total. The van der Waals surface area contributed by atoms with Gasteiger partial charge in [-0.05, 0) is 42.8 Å². The highest BCUT2D eigenvalue weighted by Crippen LogP contribution is 2.32. The molecule has 0 aliphatic carbocycles. The number of hydrogen-bond donors (Lipinski definition) is 1. The Morgan fingerprint density at radius 1 is 1.17 bits per heavy atom. The van der Waals surface area contributed by atoms with Crippen molar-refractivity contribution in [2.45, 2.75) is 19.4 Å². The number of nitrogens with one attached hydrogen (secondary N) is 1. The molecule has 3 heterocycles. The number of nitrogens with zero attached hydrogens (tertiary/aromatic N) is 3. The molecule has 0 bridgehead atoms. The van der Waals surface area contributed by atoms with Gasteiger partial charge >= 0.3 is 0 Å². The van der Waals surface area contributed by atoms with Crippen LogP contribution in [0.15, 0.2) is 60.7 Å². The maximum Gasteiger partial charge on any atom is 0.283 e. The van der Waals surface area contributed by atoms with Crippen LogP contribution < -0.4 is 15.0 Å². The number of ether oxygens (including phenoxy) is 1. The van der Waals surface area contributed by atoms with Crippen LogP contribution in [0.1, 0.15) is 28.1 Å². The number of benzene rings is 2. The smallest absolute Gasteiger partial charge is 0.283 e. The SMILES string of the molecule is COc1ccccc1C(=O)n1nc(-c2ccc(N3CCCC3=O)cc2)c(F)c1NCc1ccc(Cl)s1. The number of methoxy groups -OCH3 is 1. The van der Waals surface area contributed by atoms with Gasteiger partial charge in [0.25, 0.3) is 5.91 Å². The van der Waals surface area contributed by atoms with E-state index in [9.17, 15) is 9.59 Å². The summed E-state index contributed by atoms with van der Waals surface area (Å²) in [4.78, 5) is 28.1. The molecule has 0 saturated carbocycles. The lowest BCUT2D eigenvalue weighted by Crippen LogP contribution is -2.23. The number of para-hydroxylation sites is 1. The first kappa shape index (κ1) is 24.0. The van der Waals surface area contributed by atoms with Crippen LogP contribution in [0, 0.1) is 5.82 Å². The lowest BCUT2D eigenvalue weighted by atomic mass is 10.1. The Labute approximate surface area is 216 Å². The molecule has 1 amide bonds. The Morgan fingerprint density at radius 2 is 1.94 bits per heavy atom. The predicted octanol–water partition coefficient (Wildman–Crippen LogP) is 5.84. The zero-order valence-electron chi connectivity index (χ0n) is 19.3. The van der Waals surface area contributed by atoms with E-state index in [1.807, 2.05) is 6.07 Å². The van der Waals surface area contributed by atoms with E-state index in [2.05, 4.69) is 10.4 Å². The van der Waals surface area contributed by atoms with Crippen molar-refractivity contribution in [2.24, 2.45) is 0 Å². The van der Waals surface area contributed by atoms with Gasteiger partial charge < -0.3 is 15.0 Å². The summed E-state index contributed by atoms with van der Waals surface area (Å²) in [5.74, 6) is -0.838. The van der Waals surface area contributed by atoms with Crippen LogP contribution in [-0.2, 0) is 11.3 Å². The minimum atomic E-state index is -0.661. The van der Waals surface area contributed by atoms with Crippen LogP contribution in [0.25, 0.3) is 11.3 Å². The van der Waals surface area contributed by atoms with Crippen molar-refractivity contribution in [3.63, 3.8) is 0 Å². The summed E-state index contributed by atoms with van der Waals surface area (Å²) in [5.41, 5.74) is 1.50. The Hall–Kier alpha value is -3.69. The van der Waals surface area contributed by atoms with Gasteiger partial charge in [0, 0.05) is 29.1 Å². The molecule has 1 aliphatic heterocycles. The molecule has 4 aromatic rings. The molecule has 1 aliphatic rings. The third kappa shape index (κ3) is 4.59. The minimum absolute atomic E-state index is 0.0178. The molecule has 1 saturated heterocycles. The van der Waals surface area contributed by atoms with E-state index >= 15 is 4.39 Å². The van der Waals surface area contributed by atoms with Crippen LogP contribution in [0.4, 0.5) is 15.9 Å². The van der Waals surface area contributed by atoms with Gasteiger partial charge in [0.15, 0.2) is 11.6 Å². The summed E-state index contributed by atoms with van der Waals surface area (Å²) in [7, 11) is 1.47. The number of hydrogen-bond acceptors (Lipinski definition) is 6. The maximum absolute atomic E-state index is 15.8. The number of thiophene rings is 1. The first-order valence-corrected chi connectivity index (χ1v) is 12.5. The molecule has 10 heteroatoms. The van der Waals surface area contributed by atoms with E-state index in [0.29, 0.717) is 28.6 Å². The quantitative estimate of drug-likeness (QED) is 0.329. The molecule has 0 radical (unpaired) electrons. The monoisotopic (exact) mass is 524 g/mol. The molecular weight excluding hydrogens is 503 g/mol. The van der Waals surface area contributed by atoms with Crippen LogP contribution in [-0.4, -0.2) is 35.2 Å². The Balaban J connectivity index is 1.53. The third-order valence-corrected chi connectivity index (χ3v) is 7.17. The number of rotatable bonds is 7. The largest absolute Gasteiger partial charge is 0.496 e. The normalized spacial score (nSPS) is 13.3. The van der Waals surface area contributed by atoms with Gasteiger partial charge in [-0.15, -0.1) is 11.3 Å². The zero-order valence-corrected chi connectivity index (χ0v) is 20.9. The van der Waals surface area contributed by atoms with E-state index in [0.717, 1.165) is 21.7 Å². The molecule has 0 atom stereocenters. The Kier molecular flexibility index (Phi) is 6.75. The van der Waals surface area contributed by atoms with Gasteiger partial charge in [0.1, 0.15) is 11.4 Å². The third-order valence-electron chi connectivity index (χ3n) is 5.94. The number of amides is 1. The van der Waals surface area contributed by atoms with Crippen molar-refractivity contribution in [1.29, 1.82) is 0 Å². The van der Waals surface area contributed by atoms with Gasteiger partial charge in [-0.3, -0.25) is 9.59 Å². The number of anilines is 2. The van der Waals surface area contributed by atoms with Gasteiger partial charge in [0.2, 0.25) is 5.91 Å². The molecular formula is C26H22ClFN4O3S. The van der Waals surface area contributed by atoms with Crippen molar-refractivity contribution in [1.82, 2.24) is 9.78 Å². The van der Waals surface area contributed by atoms with Crippen molar-refractivity contribution in [3.8, 4) is 17.0 Å². The molecule has 5 rings (SSSR count). The second kappa shape index (κ2) is 10.1. The first-order valence-electron chi connectivity index (χ1n) is 11.3. The predicted molar refractivity (Wildman–Crippen MR) is 139 cm³/mol. The van der Waals surface area contributed by atoms with Gasteiger partial charge in [-0.1, -0.05) is 35.9 Å². The second-order valence-corrected chi connectivity index (χ2v) is 9.98. The highest BCUT2D eigenvalue weighted by molar-refractivity contribution is 7.16. The van der Waals surface area contributed by atoms with Crippen LogP contribution in [0.3, 0.4) is 0 Å². The zero-order chi connectivity index (χ0) is 25.2. The molecule has 1 fully saturated rings. The van der Waals surface area contributed by atoms with E-state index in [-0.39, 0.29) is 29.5 Å². The Bertz CT molecular complexity index is 1430. The molecule has 36 heavy (non-hydrogen) atoms. The van der Waals surface area contributed by atoms with Gasteiger partial charge in [0.05, 0.1) is 23.6 Å². The van der Waals surface area contributed by atoms with E-state index in [1.54, 1.807) is 59.5 Å². The van der Waals surface area contributed by atoms with Crippen LogP contribution in [0.5, 0.6) is 5.75 Å². The number of carbonyl (C=O) groups excluding carboxylic acids is 2. The van der Waals surface area contributed by atoms with E-state index < -0.39 is 11.7 Å². The molecule has 0 spiro atoms. The lowest BCUT2D eigenvalue weighted by Gasteiger charge is -2.15. The second-order valence-electron chi connectivity index (χ2n) is 8.18. The summed E-state index contributed by atoms with van der Waals surface area (Å²) < 4.78 is 22.8. The van der Waals surface area contributed by atoms with Gasteiger partial charge in [-0.25, -0.2) is 4.39 Å². The molecule has 2 aromatic carbocycles. The van der Waals surface area contributed by atoms with Crippen LogP contribution >= 0.6 is 22.9 Å². The summed E-state index contributed by atoms with van der Waals surface area (Å²) >= 11 is 7.39. The summed E-state index contributed by atoms with van der Waals surface area (Å²) in [6.07, 6.45) is 1.34. The minimum Gasteiger partial charge on any atom is -0.496 e. The standard InChI is InChI=1S/C26H22ClFN4O3S/c1-35-20-6-3-2-5-19(20)26(34)32-25(29-15-18-12-13-21(27)36-18)23(28)24(30-32)16-8-10-17(11-9-16)31-14-4-7-22(31)33/h2-3,5-6,8-13,29H,4,7,14-15H2,1H3. The Morgan fingerprint density at radius 3 is 2.61 bits per heavy atom. The van der Waals surface area contributed by atoms with Crippen molar-refractivity contribution < 1.29 is 18.7 Å². The fourth-order valence-corrected chi connectivity index (χ4v) is 5.18. The average molecular weight is 525 g/mol. The molecule has 2 aromatic heterocycles. The number of aromatic nitrogens is 2. The molecule has 0 unspecified atom stereocenters. The summed E-state index contributed by atoms with van der Waals surface area (Å²) in [6.45, 7) is 0.921. The summed E-state index contributed by atoms with van der Waals surface area (Å²) in [5, 5.41) is 7.38. The maximum atomic E-state index is 15.8. The topological polar surface area (TPSA) is 76.5 Å². The number of halogens is 2. The van der Waals surface area contributed by atoms with Crippen molar-refractivity contribution >= 4 is 46.3 Å². The van der Waals surface area contributed by atoms with E-state index in [4.69, 9.17) is 16.3 Å². The highest BCUT2D eigenvalue weighted by atomic mass is 35.5. The van der Waals surface area contributed by atoms with Crippen molar-refractivity contribution in [2.75, 3.05) is 23.9 Å². The van der Waals surface area contributed by atoms with Crippen molar-refractivity contribution in [3.05, 3.63) is 81.3 Å².